The van der Waals surface area contributed by atoms with Gasteiger partial charge < -0.3 is 8.39 Å². The van der Waals surface area contributed by atoms with E-state index in [0.29, 0.717) is 17.7 Å². The van der Waals surface area contributed by atoms with Gasteiger partial charge in [0, 0.05) is 22.1 Å². The van der Waals surface area contributed by atoms with Gasteiger partial charge in [0.15, 0.2) is 0 Å². The van der Waals surface area contributed by atoms with Crippen LogP contribution in [0.2, 0.25) is 0 Å². The SMILES string of the molecule is c1ccc([C@@H]2CC[C@@H](c3ccccc3)P2COp2oc3ccccc3c3ccccc3o2)cc1. The molecule has 4 aromatic carbocycles. The largest absolute Gasteiger partial charge is 0.399 e. The molecule has 0 saturated carbocycles. The molecule has 2 atom stereocenters. The lowest BCUT2D eigenvalue weighted by Crippen LogP contribution is -2.02. The minimum absolute atomic E-state index is 0.459. The number of fused-ring (bicyclic) bond motifs is 3. The Hall–Kier alpha value is -2.83. The topological polar surface area (TPSA) is 35.5 Å². The van der Waals surface area contributed by atoms with Gasteiger partial charge in [-0.25, -0.2) is 0 Å². The molecule has 0 spiro atoms. The zero-order valence-corrected chi connectivity index (χ0v) is 20.6. The fourth-order valence-electron chi connectivity index (χ4n) is 4.99. The molecule has 1 aliphatic heterocycles. The molecule has 2 heterocycles. The number of rotatable bonds is 5. The molecule has 0 unspecified atom stereocenters. The minimum atomic E-state index is -1.55. The van der Waals surface area contributed by atoms with E-state index in [-0.39, 0.29) is 0 Å². The van der Waals surface area contributed by atoms with E-state index in [1.54, 1.807) is 0 Å². The third-order valence-electron chi connectivity index (χ3n) is 6.61. The number of benzene rings is 4. The number of hydrogen-bond acceptors (Lipinski definition) is 3. The van der Waals surface area contributed by atoms with E-state index in [4.69, 9.17) is 12.9 Å². The van der Waals surface area contributed by atoms with Crippen LogP contribution in [0.1, 0.15) is 35.3 Å². The summed E-state index contributed by atoms with van der Waals surface area (Å²) in [6, 6.07) is 38.1. The summed E-state index contributed by atoms with van der Waals surface area (Å²) < 4.78 is 19.1. The van der Waals surface area contributed by atoms with Crippen molar-refractivity contribution in [1.29, 1.82) is 0 Å². The summed E-state index contributed by atoms with van der Waals surface area (Å²) >= 11 is 0. The van der Waals surface area contributed by atoms with Crippen molar-refractivity contribution in [2.75, 3.05) is 6.35 Å². The predicted octanol–water partition coefficient (Wildman–Crippen LogP) is 9.43. The summed E-state index contributed by atoms with van der Waals surface area (Å²) in [6.45, 7) is 0. The van der Waals surface area contributed by atoms with Crippen LogP contribution in [0.25, 0.3) is 21.9 Å². The van der Waals surface area contributed by atoms with E-state index in [2.05, 4.69) is 72.8 Å². The van der Waals surface area contributed by atoms with E-state index in [0.717, 1.165) is 21.9 Å². The standard InChI is InChI=1S/C29H26O3P2/c1-3-11-22(12-4-1)28-19-20-29(23-13-5-2-6-14-23)33(28)21-30-34-31-26-17-9-7-15-24(26)25-16-8-10-18-27(25)32-34/h1-18,28-29H,19-21H2/t28-,29-/m0/s1. The average Bonchev–Trinajstić information content (AvgIpc) is 3.25. The Morgan fingerprint density at radius 1 is 0.588 bits per heavy atom. The molecule has 1 aromatic heterocycles. The van der Waals surface area contributed by atoms with Crippen LogP contribution >= 0.6 is 16.2 Å². The first-order valence-electron chi connectivity index (χ1n) is 11.7. The Kier molecular flexibility index (Phi) is 6.25. The van der Waals surface area contributed by atoms with Gasteiger partial charge in [0.05, 0.1) is 6.35 Å². The van der Waals surface area contributed by atoms with Crippen molar-refractivity contribution in [3.05, 3.63) is 120 Å². The maximum atomic E-state index is 6.51. The van der Waals surface area contributed by atoms with Crippen molar-refractivity contribution in [3.8, 4) is 0 Å². The fourth-order valence-corrected chi connectivity index (χ4v) is 9.55. The highest BCUT2D eigenvalue weighted by Crippen LogP contribution is 2.70. The van der Waals surface area contributed by atoms with Gasteiger partial charge in [-0.3, -0.25) is 4.52 Å². The highest BCUT2D eigenvalue weighted by molar-refractivity contribution is 7.59. The summed E-state index contributed by atoms with van der Waals surface area (Å²) in [7, 11) is -2.01. The van der Waals surface area contributed by atoms with Gasteiger partial charge in [0.25, 0.3) is 0 Å². The highest BCUT2D eigenvalue weighted by atomic mass is 31.1. The molecular weight excluding hydrogens is 458 g/mol. The molecule has 0 N–H and O–H groups in total. The molecule has 6 rings (SSSR count). The van der Waals surface area contributed by atoms with Crippen LogP contribution in [0.4, 0.5) is 0 Å². The van der Waals surface area contributed by atoms with Gasteiger partial charge in [-0.15, -0.1) is 0 Å². The Balaban J connectivity index is 1.37. The van der Waals surface area contributed by atoms with E-state index in [1.807, 2.05) is 36.4 Å². The van der Waals surface area contributed by atoms with Crippen molar-refractivity contribution in [3.63, 3.8) is 0 Å². The Labute approximate surface area is 201 Å². The molecule has 1 fully saturated rings. The average molecular weight is 484 g/mol. The smallest absolute Gasteiger partial charge is 0.387 e. The summed E-state index contributed by atoms with van der Waals surface area (Å²) in [5.74, 6) is 0. The minimum Gasteiger partial charge on any atom is -0.399 e. The Morgan fingerprint density at radius 2 is 1.03 bits per heavy atom. The molecule has 1 aliphatic rings. The van der Waals surface area contributed by atoms with Crippen LogP contribution < -0.4 is 4.52 Å². The number of para-hydroxylation sites is 2. The quantitative estimate of drug-likeness (QED) is 0.233. The van der Waals surface area contributed by atoms with Crippen LogP contribution in [0.5, 0.6) is 0 Å². The molecule has 0 amide bonds. The molecule has 34 heavy (non-hydrogen) atoms. The van der Waals surface area contributed by atoms with E-state index in [9.17, 15) is 0 Å². The Bertz CT molecular complexity index is 1330. The third-order valence-corrected chi connectivity index (χ3v) is 11.0. The van der Waals surface area contributed by atoms with Crippen LogP contribution in [0.15, 0.2) is 118 Å². The van der Waals surface area contributed by atoms with E-state index in [1.165, 1.54) is 24.0 Å². The van der Waals surface area contributed by atoms with Crippen LogP contribution in [0, 0.1) is 0 Å². The predicted molar refractivity (Wildman–Crippen MR) is 142 cm³/mol. The maximum absolute atomic E-state index is 6.51. The summed E-state index contributed by atoms with van der Waals surface area (Å²) in [6.07, 6.45) is 3.03. The zero-order valence-electron chi connectivity index (χ0n) is 18.8. The van der Waals surface area contributed by atoms with Gasteiger partial charge in [0.2, 0.25) is 0 Å². The summed E-state index contributed by atoms with van der Waals surface area (Å²) in [5.41, 5.74) is 5.50. The van der Waals surface area contributed by atoms with Crippen LogP contribution in [0.3, 0.4) is 0 Å². The lowest BCUT2D eigenvalue weighted by atomic mass is 10.0. The van der Waals surface area contributed by atoms with Gasteiger partial charge in [-0.2, -0.15) is 0 Å². The lowest BCUT2D eigenvalue weighted by Gasteiger charge is -2.25. The first-order valence-corrected chi connectivity index (χ1v) is 14.5. The second kappa shape index (κ2) is 9.80. The van der Waals surface area contributed by atoms with Gasteiger partial charge >= 0.3 is 8.24 Å². The lowest BCUT2D eigenvalue weighted by molar-refractivity contribution is 0.433. The monoisotopic (exact) mass is 484 g/mol. The second-order valence-electron chi connectivity index (χ2n) is 8.60. The van der Waals surface area contributed by atoms with Gasteiger partial charge in [-0.05, 0) is 36.1 Å². The molecule has 170 valence electrons. The molecule has 3 nitrogen and oxygen atoms in total. The second-order valence-corrected chi connectivity index (χ2v) is 12.2. The van der Waals surface area contributed by atoms with E-state index < -0.39 is 16.2 Å². The Morgan fingerprint density at radius 3 is 1.53 bits per heavy atom. The third kappa shape index (κ3) is 4.32. The molecule has 0 aliphatic carbocycles. The number of hydrogen-bond donors (Lipinski definition) is 0. The van der Waals surface area contributed by atoms with E-state index >= 15 is 0 Å². The van der Waals surface area contributed by atoms with Gasteiger partial charge in [-0.1, -0.05) is 105 Å². The normalized spacial score (nSPS) is 18.5. The molecule has 0 bridgehead atoms. The first kappa shape index (κ1) is 21.7. The molecule has 5 heteroatoms. The fraction of sp³-hybridized carbons (Fsp3) is 0.172. The van der Waals surface area contributed by atoms with Crippen molar-refractivity contribution in [2.45, 2.75) is 24.2 Å². The van der Waals surface area contributed by atoms with Gasteiger partial charge in [0.1, 0.15) is 11.2 Å². The van der Waals surface area contributed by atoms with Crippen LogP contribution in [-0.4, -0.2) is 6.35 Å². The maximum Gasteiger partial charge on any atom is 0.387 e. The zero-order chi connectivity index (χ0) is 22.7. The van der Waals surface area contributed by atoms with Crippen molar-refractivity contribution < 1.29 is 12.9 Å². The molecular formula is C29H26O3P2. The molecule has 0 radical (unpaired) electrons. The van der Waals surface area contributed by atoms with Crippen molar-refractivity contribution >= 4 is 38.1 Å². The molecule has 1 saturated heterocycles. The van der Waals surface area contributed by atoms with Crippen molar-refractivity contribution in [2.24, 2.45) is 0 Å². The summed E-state index contributed by atoms with van der Waals surface area (Å²) in [5, 5.41) is 2.09. The summed E-state index contributed by atoms with van der Waals surface area (Å²) in [4.78, 5) is 0. The molecule has 5 aromatic rings. The van der Waals surface area contributed by atoms with Crippen LogP contribution in [-0.2, 0) is 0 Å². The van der Waals surface area contributed by atoms with Crippen molar-refractivity contribution in [1.82, 2.24) is 0 Å². The highest BCUT2D eigenvalue weighted by Gasteiger charge is 2.37. The first-order chi connectivity index (χ1) is 16.9.